The fourth-order valence-electron chi connectivity index (χ4n) is 2.00. The number of nitriles is 1. The Morgan fingerprint density at radius 3 is 2.60 bits per heavy atom. The van der Waals surface area contributed by atoms with Gasteiger partial charge >= 0.3 is 0 Å². The number of nitrogens with two attached hydrogens (primary N) is 1. The smallest absolute Gasteiger partial charge is 0.156 e. The second-order valence-corrected chi connectivity index (χ2v) is 4.23. The van der Waals surface area contributed by atoms with Gasteiger partial charge in [-0.25, -0.2) is 9.97 Å². The summed E-state index contributed by atoms with van der Waals surface area (Å²) in [5, 5.41) is 9.17. The third kappa shape index (κ3) is 1.99. The fourth-order valence-corrected chi connectivity index (χ4v) is 2.00. The van der Waals surface area contributed by atoms with Gasteiger partial charge in [0.15, 0.2) is 5.82 Å². The highest BCUT2D eigenvalue weighted by atomic mass is 15.1. The Balaban J connectivity index is 2.16. The maximum Gasteiger partial charge on any atom is 0.156 e. The molecule has 2 aromatic heterocycles. The first-order chi connectivity index (χ1) is 9.79. The summed E-state index contributed by atoms with van der Waals surface area (Å²) in [6.45, 7) is 0. The van der Waals surface area contributed by atoms with E-state index in [-0.39, 0.29) is 0 Å². The number of pyridine rings is 1. The van der Waals surface area contributed by atoms with Crippen LogP contribution in [0.15, 0.2) is 55.0 Å². The summed E-state index contributed by atoms with van der Waals surface area (Å²) >= 11 is 0. The summed E-state index contributed by atoms with van der Waals surface area (Å²) in [6.07, 6.45) is 5.12. The van der Waals surface area contributed by atoms with E-state index in [1.165, 1.54) is 0 Å². The summed E-state index contributed by atoms with van der Waals surface area (Å²) in [7, 11) is 0. The van der Waals surface area contributed by atoms with Crippen molar-refractivity contribution in [2.24, 2.45) is 0 Å². The van der Waals surface area contributed by atoms with Gasteiger partial charge in [0.25, 0.3) is 0 Å². The van der Waals surface area contributed by atoms with Gasteiger partial charge in [-0.1, -0.05) is 0 Å². The molecule has 0 fully saturated rings. The average molecular weight is 261 g/mol. The quantitative estimate of drug-likeness (QED) is 0.718. The van der Waals surface area contributed by atoms with Crippen molar-refractivity contribution in [2.75, 3.05) is 5.73 Å². The Hall–Kier alpha value is -3.13. The largest absolute Gasteiger partial charge is 0.399 e. The van der Waals surface area contributed by atoms with Gasteiger partial charge in [0, 0.05) is 29.8 Å². The third-order valence-corrected chi connectivity index (χ3v) is 2.94. The van der Waals surface area contributed by atoms with Crippen molar-refractivity contribution >= 4 is 5.69 Å². The van der Waals surface area contributed by atoms with Crippen LogP contribution in [0.3, 0.4) is 0 Å². The molecule has 0 bridgehead atoms. The lowest BCUT2D eigenvalue weighted by Gasteiger charge is -2.08. The van der Waals surface area contributed by atoms with Crippen molar-refractivity contribution in [3.8, 4) is 23.3 Å². The first-order valence-corrected chi connectivity index (χ1v) is 6.04. The zero-order chi connectivity index (χ0) is 13.9. The molecule has 0 radical (unpaired) electrons. The highest BCUT2D eigenvalue weighted by Crippen LogP contribution is 2.22. The van der Waals surface area contributed by atoms with Crippen LogP contribution in [0.2, 0.25) is 0 Å². The van der Waals surface area contributed by atoms with Crippen LogP contribution in [0.1, 0.15) is 5.56 Å². The molecule has 2 N–H and O–H groups in total. The van der Waals surface area contributed by atoms with E-state index in [0.717, 1.165) is 11.4 Å². The summed E-state index contributed by atoms with van der Waals surface area (Å²) in [5.74, 6) is 1.29. The van der Waals surface area contributed by atoms with E-state index in [4.69, 9.17) is 5.73 Å². The second-order valence-electron chi connectivity index (χ2n) is 4.23. The minimum Gasteiger partial charge on any atom is -0.399 e. The molecule has 0 aliphatic carbocycles. The van der Waals surface area contributed by atoms with Crippen LogP contribution < -0.4 is 5.73 Å². The van der Waals surface area contributed by atoms with Crippen molar-refractivity contribution in [3.63, 3.8) is 0 Å². The van der Waals surface area contributed by atoms with Gasteiger partial charge in [0.1, 0.15) is 11.9 Å². The summed E-state index contributed by atoms with van der Waals surface area (Å²) in [5.41, 5.74) is 7.81. The molecule has 5 heteroatoms. The van der Waals surface area contributed by atoms with Crippen LogP contribution in [0.5, 0.6) is 0 Å². The molecule has 0 saturated carbocycles. The lowest BCUT2D eigenvalue weighted by Crippen LogP contribution is -2.01. The van der Waals surface area contributed by atoms with Crippen molar-refractivity contribution < 1.29 is 0 Å². The number of anilines is 1. The molecule has 0 amide bonds. The first kappa shape index (κ1) is 11.9. The van der Waals surface area contributed by atoms with Crippen LogP contribution in [-0.4, -0.2) is 14.5 Å². The summed E-state index contributed by atoms with van der Waals surface area (Å²) in [4.78, 5) is 8.61. The van der Waals surface area contributed by atoms with Crippen molar-refractivity contribution in [3.05, 3.63) is 60.6 Å². The maximum atomic E-state index is 9.17. The number of hydrogen-bond acceptors (Lipinski definition) is 4. The van der Waals surface area contributed by atoms with Crippen molar-refractivity contribution in [1.29, 1.82) is 5.26 Å². The molecule has 0 saturated heterocycles. The molecule has 2 heterocycles. The molecular formula is C15H11N5. The van der Waals surface area contributed by atoms with Crippen LogP contribution in [-0.2, 0) is 0 Å². The third-order valence-electron chi connectivity index (χ3n) is 2.94. The minimum atomic E-state index is 0.502. The summed E-state index contributed by atoms with van der Waals surface area (Å²) < 4.78 is 1.80. The Morgan fingerprint density at radius 2 is 1.85 bits per heavy atom. The second kappa shape index (κ2) is 4.86. The van der Waals surface area contributed by atoms with E-state index >= 15 is 0 Å². The van der Waals surface area contributed by atoms with Gasteiger partial charge in [-0.05, 0) is 36.4 Å². The van der Waals surface area contributed by atoms with Gasteiger partial charge in [0.2, 0.25) is 0 Å². The highest BCUT2D eigenvalue weighted by Gasteiger charge is 2.11. The topological polar surface area (TPSA) is 80.5 Å². The Morgan fingerprint density at radius 1 is 1.05 bits per heavy atom. The molecule has 3 aromatic rings. The van der Waals surface area contributed by atoms with E-state index in [1.54, 1.807) is 35.3 Å². The van der Waals surface area contributed by atoms with Crippen LogP contribution >= 0.6 is 0 Å². The number of aromatic nitrogens is 3. The lowest BCUT2D eigenvalue weighted by molar-refractivity contribution is 0.995. The number of rotatable bonds is 2. The number of imidazole rings is 1. The minimum absolute atomic E-state index is 0.502. The Bertz CT molecular complexity index is 781. The zero-order valence-electron chi connectivity index (χ0n) is 10.6. The average Bonchev–Trinajstić information content (AvgIpc) is 2.97. The normalized spacial score (nSPS) is 10.2. The molecule has 0 atom stereocenters. The lowest BCUT2D eigenvalue weighted by atomic mass is 10.2. The van der Waals surface area contributed by atoms with E-state index in [0.29, 0.717) is 17.1 Å². The molecule has 3 rings (SSSR count). The first-order valence-electron chi connectivity index (χ1n) is 6.04. The van der Waals surface area contributed by atoms with Crippen molar-refractivity contribution in [2.45, 2.75) is 0 Å². The van der Waals surface area contributed by atoms with Gasteiger partial charge in [-0.2, -0.15) is 5.26 Å². The van der Waals surface area contributed by atoms with Crippen molar-refractivity contribution in [1.82, 2.24) is 14.5 Å². The molecule has 96 valence electrons. The number of nitrogen functional groups attached to an aromatic ring is 1. The van der Waals surface area contributed by atoms with Crippen LogP contribution in [0.4, 0.5) is 5.69 Å². The monoisotopic (exact) mass is 261 g/mol. The van der Waals surface area contributed by atoms with Crippen LogP contribution in [0, 0.1) is 11.3 Å². The molecule has 20 heavy (non-hydrogen) atoms. The van der Waals surface area contributed by atoms with Crippen LogP contribution in [0.25, 0.3) is 17.2 Å². The molecule has 0 spiro atoms. The number of nitrogens with zero attached hydrogens (tertiary/aromatic N) is 4. The predicted octanol–water partition coefficient (Wildman–Crippen LogP) is 2.39. The van der Waals surface area contributed by atoms with Gasteiger partial charge in [-0.15, -0.1) is 0 Å². The van der Waals surface area contributed by atoms with Gasteiger partial charge in [0.05, 0.1) is 5.56 Å². The van der Waals surface area contributed by atoms with Gasteiger partial charge in [-0.3, -0.25) is 4.57 Å². The molecule has 1 aromatic carbocycles. The van der Waals surface area contributed by atoms with E-state index < -0.39 is 0 Å². The number of benzene rings is 1. The Labute approximate surface area is 116 Å². The maximum absolute atomic E-state index is 9.17. The van der Waals surface area contributed by atoms with Gasteiger partial charge < -0.3 is 5.73 Å². The predicted molar refractivity (Wildman–Crippen MR) is 75.9 cm³/mol. The molecule has 0 unspecified atom stereocenters. The summed E-state index contributed by atoms with van der Waals surface area (Å²) in [6, 6.07) is 13.0. The Kier molecular flexibility index (Phi) is 2.90. The highest BCUT2D eigenvalue weighted by molar-refractivity contribution is 5.62. The van der Waals surface area contributed by atoms with E-state index in [1.807, 2.05) is 24.3 Å². The molecule has 0 aliphatic rings. The van der Waals surface area contributed by atoms with E-state index in [9.17, 15) is 5.26 Å². The fraction of sp³-hybridized carbons (Fsp3) is 0. The standard InChI is InChI=1S/C15H11N5/c16-10-12-2-1-7-18-15(12)20-9-8-19-14(20)11-3-5-13(17)6-4-11/h1-9H,17H2. The molecular weight excluding hydrogens is 250 g/mol. The molecule has 5 nitrogen and oxygen atoms in total. The molecule has 0 aliphatic heterocycles. The van der Waals surface area contributed by atoms with E-state index in [2.05, 4.69) is 16.0 Å². The SMILES string of the molecule is N#Cc1cccnc1-n1ccnc1-c1ccc(N)cc1. The number of hydrogen-bond donors (Lipinski definition) is 1. The zero-order valence-corrected chi connectivity index (χ0v) is 10.6.